The van der Waals surface area contributed by atoms with Crippen LogP contribution in [0.2, 0.25) is 5.15 Å². The Balaban J connectivity index is 2.59. The molecule has 0 atom stereocenters. The number of fused-ring (bicyclic) bond motifs is 1. The van der Waals surface area contributed by atoms with E-state index in [0.717, 1.165) is 29.1 Å². The number of carbonyl (C=O) groups is 1. The van der Waals surface area contributed by atoms with Crippen LogP contribution in [-0.2, 0) is 12.2 Å². The first-order valence-corrected chi connectivity index (χ1v) is 5.70. The minimum absolute atomic E-state index is 0.296. The van der Waals surface area contributed by atoms with Crippen molar-refractivity contribution >= 4 is 29.3 Å². The van der Waals surface area contributed by atoms with Gasteiger partial charge in [0.2, 0.25) is 0 Å². The molecule has 0 radical (unpaired) electrons. The van der Waals surface area contributed by atoms with E-state index in [0.29, 0.717) is 10.7 Å². The van der Waals surface area contributed by atoms with Gasteiger partial charge in [0.15, 0.2) is 0 Å². The fourth-order valence-corrected chi connectivity index (χ4v) is 2.85. The van der Waals surface area contributed by atoms with Gasteiger partial charge >= 0.3 is 5.97 Å². The third-order valence-corrected chi connectivity index (χ3v) is 3.53. The number of pyridine rings is 1. The van der Waals surface area contributed by atoms with E-state index >= 15 is 0 Å². The Morgan fingerprint density at radius 1 is 1.57 bits per heavy atom. The number of aromatic carboxylic acids is 1. The van der Waals surface area contributed by atoms with Crippen molar-refractivity contribution in [3.05, 3.63) is 28.0 Å². The highest BCUT2D eigenvalue weighted by molar-refractivity contribution is 7.98. The SMILES string of the molecule is O=C(O)c1cnc(Cl)c2c1CCSC2. The summed E-state index contributed by atoms with van der Waals surface area (Å²) in [4.78, 5) is 14.8. The van der Waals surface area contributed by atoms with Gasteiger partial charge in [-0.25, -0.2) is 9.78 Å². The van der Waals surface area contributed by atoms with Gasteiger partial charge in [0, 0.05) is 17.5 Å². The number of rotatable bonds is 1. The lowest BCUT2D eigenvalue weighted by Gasteiger charge is -2.17. The highest BCUT2D eigenvalue weighted by atomic mass is 35.5. The van der Waals surface area contributed by atoms with E-state index in [2.05, 4.69) is 4.98 Å². The first-order valence-electron chi connectivity index (χ1n) is 4.17. The molecule has 1 aliphatic heterocycles. The monoisotopic (exact) mass is 229 g/mol. The summed E-state index contributed by atoms with van der Waals surface area (Å²) < 4.78 is 0. The van der Waals surface area contributed by atoms with Crippen LogP contribution < -0.4 is 0 Å². The zero-order chi connectivity index (χ0) is 10.1. The summed E-state index contributed by atoms with van der Waals surface area (Å²) in [7, 11) is 0. The number of carboxylic acid groups (broad SMARTS) is 1. The molecule has 0 saturated heterocycles. The van der Waals surface area contributed by atoms with Crippen LogP contribution >= 0.6 is 23.4 Å². The Labute approximate surface area is 90.5 Å². The number of halogens is 1. The normalized spacial score (nSPS) is 14.9. The van der Waals surface area contributed by atoms with Crippen molar-refractivity contribution in [2.45, 2.75) is 12.2 Å². The van der Waals surface area contributed by atoms with Crippen molar-refractivity contribution in [1.29, 1.82) is 0 Å². The Morgan fingerprint density at radius 2 is 2.36 bits per heavy atom. The van der Waals surface area contributed by atoms with Gasteiger partial charge in [0.05, 0.1) is 5.56 Å². The van der Waals surface area contributed by atoms with E-state index in [9.17, 15) is 4.79 Å². The molecule has 0 spiro atoms. The molecule has 74 valence electrons. The number of hydrogen-bond acceptors (Lipinski definition) is 3. The lowest BCUT2D eigenvalue weighted by molar-refractivity contribution is 0.0695. The number of thioether (sulfide) groups is 1. The maximum absolute atomic E-state index is 10.9. The Hall–Kier alpha value is -0.740. The molecule has 1 aromatic heterocycles. The molecule has 0 aliphatic carbocycles. The van der Waals surface area contributed by atoms with E-state index in [1.165, 1.54) is 6.20 Å². The van der Waals surface area contributed by atoms with Crippen LogP contribution in [0, 0.1) is 0 Å². The van der Waals surface area contributed by atoms with Gasteiger partial charge in [0.1, 0.15) is 5.15 Å². The molecule has 5 heteroatoms. The summed E-state index contributed by atoms with van der Waals surface area (Å²) in [6.45, 7) is 0. The molecule has 0 fully saturated rings. The van der Waals surface area contributed by atoms with Crippen molar-refractivity contribution in [3.8, 4) is 0 Å². The van der Waals surface area contributed by atoms with E-state index in [4.69, 9.17) is 16.7 Å². The molecule has 2 rings (SSSR count). The summed E-state index contributed by atoms with van der Waals surface area (Å²) in [5, 5.41) is 9.38. The van der Waals surface area contributed by atoms with Crippen molar-refractivity contribution in [2.24, 2.45) is 0 Å². The van der Waals surface area contributed by atoms with Gasteiger partial charge in [0.25, 0.3) is 0 Å². The molecular weight excluding hydrogens is 222 g/mol. The van der Waals surface area contributed by atoms with Gasteiger partial charge in [-0.1, -0.05) is 11.6 Å². The average Bonchev–Trinajstić information content (AvgIpc) is 2.18. The molecule has 0 unspecified atom stereocenters. The quantitative estimate of drug-likeness (QED) is 0.751. The first kappa shape index (κ1) is 9.80. The van der Waals surface area contributed by atoms with Crippen LogP contribution in [0.5, 0.6) is 0 Å². The Morgan fingerprint density at radius 3 is 3.07 bits per heavy atom. The number of aromatic nitrogens is 1. The van der Waals surface area contributed by atoms with Gasteiger partial charge in [-0.15, -0.1) is 0 Å². The van der Waals surface area contributed by atoms with E-state index in [1.807, 2.05) is 0 Å². The molecule has 3 nitrogen and oxygen atoms in total. The second kappa shape index (κ2) is 3.79. The summed E-state index contributed by atoms with van der Waals surface area (Å²) in [5.74, 6) is 0.799. The topological polar surface area (TPSA) is 50.2 Å². The molecule has 0 amide bonds. The second-order valence-corrected chi connectivity index (χ2v) is 4.49. The summed E-state index contributed by atoms with van der Waals surface area (Å²) in [6, 6.07) is 0. The zero-order valence-corrected chi connectivity index (χ0v) is 8.86. The molecule has 14 heavy (non-hydrogen) atoms. The van der Waals surface area contributed by atoms with Crippen LogP contribution in [0.4, 0.5) is 0 Å². The smallest absolute Gasteiger partial charge is 0.337 e. The molecule has 1 aliphatic rings. The van der Waals surface area contributed by atoms with Crippen molar-refractivity contribution in [1.82, 2.24) is 4.98 Å². The minimum atomic E-state index is -0.919. The predicted molar refractivity (Wildman–Crippen MR) is 56.1 cm³/mol. The first-order chi connectivity index (χ1) is 6.70. The van der Waals surface area contributed by atoms with Crippen LogP contribution in [0.1, 0.15) is 21.5 Å². The molecule has 0 bridgehead atoms. The van der Waals surface area contributed by atoms with E-state index < -0.39 is 5.97 Å². The fraction of sp³-hybridized carbons (Fsp3) is 0.333. The van der Waals surface area contributed by atoms with Crippen LogP contribution in [-0.4, -0.2) is 21.8 Å². The van der Waals surface area contributed by atoms with E-state index in [1.54, 1.807) is 11.8 Å². The third kappa shape index (κ3) is 1.60. The molecule has 0 aromatic carbocycles. The molecule has 2 heterocycles. The maximum Gasteiger partial charge on any atom is 0.337 e. The van der Waals surface area contributed by atoms with Crippen molar-refractivity contribution < 1.29 is 9.90 Å². The standard InChI is InChI=1S/C9H8ClNO2S/c10-8-7-4-14-2-1-5(7)6(3-11-8)9(12)13/h3H,1-2,4H2,(H,12,13). The number of carboxylic acids is 1. The molecular formula is C9H8ClNO2S. The average molecular weight is 230 g/mol. The van der Waals surface area contributed by atoms with Crippen LogP contribution in [0.15, 0.2) is 6.20 Å². The van der Waals surface area contributed by atoms with E-state index in [-0.39, 0.29) is 0 Å². The Bertz CT molecular complexity index is 395. The molecule has 1 aromatic rings. The van der Waals surface area contributed by atoms with Crippen molar-refractivity contribution in [3.63, 3.8) is 0 Å². The highest BCUT2D eigenvalue weighted by Gasteiger charge is 2.20. The molecule has 1 N–H and O–H groups in total. The summed E-state index contributed by atoms with van der Waals surface area (Å²) in [5.41, 5.74) is 2.05. The largest absolute Gasteiger partial charge is 0.478 e. The summed E-state index contributed by atoms with van der Waals surface area (Å²) in [6.07, 6.45) is 2.11. The number of hydrogen-bond donors (Lipinski definition) is 1. The fourth-order valence-electron chi connectivity index (χ4n) is 1.53. The Kier molecular flexibility index (Phi) is 2.65. The molecule has 0 saturated carbocycles. The second-order valence-electron chi connectivity index (χ2n) is 3.03. The maximum atomic E-state index is 10.9. The summed E-state index contributed by atoms with van der Waals surface area (Å²) >= 11 is 7.66. The zero-order valence-electron chi connectivity index (χ0n) is 7.29. The minimum Gasteiger partial charge on any atom is -0.478 e. The van der Waals surface area contributed by atoms with Crippen LogP contribution in [0.25, 0.3) is 0 Å². The van der Waals surface area contributed by atoms with Gasteiger partial charge in [-0.05, 0) is 17.7 Å². The van der Waals surface area contributed by atoms with Crippen LogP contribution in [0.3, 0.4) is 0 Å². The van der Waals surface area contributed by atoms with Gasteiger partial charge in [-0.2, -0.15) is 11.8 Å². The lowest BCUT2D eigenvalue weighted by Crippen LogP contribution is -2.12. The highest BCUT2D eigenvalue weighted by Crippen LogP contribution is 2.31. The lowest BCUT2D eigenvalue weighted by atomic mass is 10.0. The predicted octanol–water partition coefficient (Wildman–Crippen LogP) is 2.22. The van der Waals surface area contributed by atoms with Gasteiger partial charge in [-0.3, -0.25) is 0 Å². The van der Waals surface area contributed by atoms with Crippen molar-refractivity contribution in [2.75, 3.05) is 5.75 Å². The number of nitrogens with zero attached hydrogens (tertiary/aromatic N) is 1. The third-order valence-electron chi connectivity index (χ3n) is 2.22. The van der Waals surface area contributed by atoms with Gasteiger partial charge < -0.3 is 5.11 Å².